The van der Waals surface area contributed by atoms with Gasteiger partial charge in [-0.1, -0.05) is 30.3 Å². The van der Waals surface area contributed by atoms with Crippen molar-refractivity contribution in [3.8, 4) is 0 Å². The van der Waals surface area contributed by atoms with E-state index in [1.54, 1.807) is 0 Å². The zero-order valence-electron chi connectivity index (χ0n) is 9.46. The Bertz CT molecular complexity index is 396. The summed E-state index contributed by atoms with van der Waals surface area (Å²) in [7, 11) is 0. The van der Waals surface area contributed by atoms with Crippen LogP contribution >= 0.6 is 0 Å². The normalized spacial score (nSPS) is 29.5. The molecule has 0 amide bonds. The minimum Gasteiger partial charge on any atom is -0.429 e. The van der Waals surface area contributed by atoms with Gasteiger partial charge in [-0.25, -0.2) is 4.79 Å². The number of rotatable bonds is 3. The molecule has 90 valence electrons. The number of hydrogen-bond acceptors (Lipinski definition) is 4. The van der Waals surface area contributed by atoms with Crippen molar-refractivity contribution in [1.29, 1.82) is 0 Å². The van der Waals surface area contributed by atoms with Crippen LogP contribution in [0.25, 0.3) is 0 Å². The van der Waals surface area contributed by atoms with Crippen molar-refractivity contribution in [2.75, 3.05) is 0 Å². The molecule has 1 aliphatic heterocycles. The summed E-state index contributed by atoms with van der Waals surface area (Å²) in [6.45, 7) is 0.263. The molecule has 1 saturated heterocycles. The Kier molecular flexibility index (Phi) is 2.73. The van der Waals surface area contributed by atoms with Crippen LogP contribution in [0.15, 0.2) is 30.3 Å². The molecular formula is C13H15NO3. The molecule has 3 rings (SSSR count). The van der Waals surface area contributed by atoms with E-state index in [-0.39, 0.29) is 12.8 Å². The van der Waals surface area contributed by atoms with Crippen molar-refractivity contribution in [2.24, 2.45) is 5.92 Å². The quantitative estimate of drug-likeness (QED) is 0.812. The van der Waals surface area contributed by atoms with Gasteiger partial charge >= 0.3 is 6.16 Å². The predicted octanol–water partition coefficient (Wildman–Crippen LogP) is 2.05. The third kappa shape index (κ3) is 2.58. The first-order valence-electron chi connectivity index (χ1n) is 5.94. The highest BCUT2D eigenvalue weighted by Crippen LogP contribution is 2.40. The molecule has 0 spiro atoms. The monoisotopic (exact) mass is 233 g/mol. The van der Waals surface area contributed by atoms with Crippen LogP contribution in [-0.2, 0) is 16.1 Å². The lowest BCUT2D eigenvalue weighted by Gasteiger charge is -2.14. The maximum absolute atomic E-state index is 11.4. The zero-order valence-corrected chi connectivity index (χ0v) is 9.46. The number of benzene rings is 1. The SMILES string of the molecule is O=C(OCc1ccccc1)OC1C[C@H]2C[C@H]2N1. The molecule has 3 atom stereocenters. The van der Waals surface area contributed by atoms with E-state index in [1.165, 1.54) is 6.42 Å². The standard InChI is InChI=1S/C13H15NO3/c15-13(16-8-9-4-2-1-3-5-9)17-12-7-10-6-11(10)14-12/h1-5,10-12,14H,6-8H2/t10-,11-,12?/m1/s1. The van der Waals surface area contributed by atoms with Crippen molar-refractivity contribution < 1.29 is 14.3 Å². The van der Waals surface area contributed by atoms with Crippen molar-refractivity contribution in [3.05, 3.63) is 35.9 Å². The van der Waals surface area contributed by atoms with E-state index in [0.29, 0.717) is 12.0 Å². The molecule has 0 radical (unpaired) electrons. The van der Waals surface area contributed by atoms with E-state index in [4.69, 9.17) is 9.47 Å². The van der Waals surface area contributed by atoms with Gasteiger partial charge in [0.15, 0.2) is 6.23 Å². The molecule has 0 bridgehead atoms. The van der Waals surface area contributed by atoms with Gasteiger partial charge in [-0.15, -0.1) is 0 Å². The maximum Gasteiger partial charge on any atom is 0.510 e. The molecule has 1 heterocycles. The lowest BCUT2D eigenvalue weighted by atomic mass is 10.2. The van der Waals surface area contributed by atoms with Gasteiger partial charge in [0, 0.05) is 12.5 Å². The Morgan fingerprint density at radius 3 is 2.82 bits per heavy atom. The fourth-order valence-electron chi connectivity index (χ4n) is 2.24. The van der Waals surface area contributed by atoms with Crippen LogP contribution < -0.4 is 5.32 Å². The van der Waals surface area contributed by atoms with Gasteiger partial charge in [-0.05, 0) is 17.9 Å². The zero-order chi connectivity index (χ0) is 11.7. The Hall–Kier alpha value is -1.55. The summed E-state index contributed by atoms with van der Waals surface area (Å²) in [5.41, 5.74) is 0.965. The topological polar surface area (TPSA) is 47.6 Å². The number of nitrogens with one attached hydrogen (secondary N) is 1. The smallest absolute Gasteiger partial charge is 0.429 e. The number of carbonyl (C=O) groups excluding carboxylic acids is 1. The second-order valence-electron chi connectivity index (χ2n) is 4.64. The van der Waals surface area contributed by atoms with Crippen LogP contribution in [0.5, 0.6) is 0 Å². The van der Waals surface area contributed by atoms with Crippen molar-refractivity contribution in [1.82, 2.24) is 5.32 Å². The number of hydrogen-bond donors (Lipinski definition) is 1. The van der Waals surface area contributed by atoms with Crippen molar-refractivity contribution in [3.63, 3.8) is 0 Å². The summed E-state index contributed by atoms with van der Waals surface area (Å²) in [4.78, 5) is 11.4. The van der Waals surface area contributed by atoms with E-state index in [0.717, 1.165) is 12.0 Å². The van der Waals surface area contributed by atoms with Crippen molar-refractivity contribution in [2.45, 2.75) is 31.7 Å². The maximum atomic E-state index is 11.4. The number of fused-ring (bicyclic) bond motifs is 1. The summed E-state index contributed by atoms with van der Waals surface area (Å²) < 4.78 is 10.2. The number of ether oxygens (including phenoxy) is 2. The van der Waals surface area contributed by atoms with Crippen LogP contribution in [-0.4, -0.2) is 18.4 Å². The molecule has 4 heteroatoms. The van der Waals surface area contributed by atoms with Crippen molar-refractivity contribution >= 4 is 6.16 Å². The second-order valence-corrected chi connectivity index (χ2v) is 4.64. The molecular weight excluding hydrogens is 218 g/mol. The largest absolute Gasteiger partial charge is 0.510 e. The Morgan fingerprint density at radius 1 is 1.29 bits per heavy atom. The summed E-state index contributed by atoms with van der Waals surface area (Å²) in [6, 6.07) is 10.1. The minimum atomic E-state index is -0.590. The van der Waals surface area contributed by atoms with Crippen LogP contribution in [0.3, 0.4) is 0 Å². The van der Waals surface area contributed by atoms with E-state index >= 15 is 0 Å². The van der Waals surface area contributed by atoms with Gasteiger partial charge in [-0.2, -0.15) is 0 Å². The summed E-state index contributed by atoms with van der Waals surface area (Å²) >= 11 is 0. The third-order valence-electron chi connectivity index (χ3n) is 3.28. The molecule has 2 fully saturated rings. The molecule has 17 heavy (non-hydrogen) atoms. The second kappa shape index (κ2) is 4.37. The highest BCUT2D eigenvalue weighted by molar-refractivity contribution is 5.60. The van der Waals surface area contributed by atoms with Crippen LogP contribution in [0.2, 0.25) is 0 Å². The van der Waals surface area contributed by atoms with E-state index in [1.807, 2.05) is 30.3 Å². The van der Waals surface area contributed by atoms with E-state index in [2.05, 4.69) is 5.32 Å². The fourth-order valence-corrected chi connectivity index (χ4v) is 2.24. The van der Waals surface area contributed by atoms with Crippen LogP contribution in [0.1, 0.15) is 18.4 Å². The Balaban J connectivity index is 1.41. The fraction of sp³-hybridized carbons (Fsp3) is 0.462. The van der Waals surface area contributed by atoms with Gasteiger partial charge in [-0.3, -0.25) is 5.32 Å². The molecule has 2 aliphatic rings. The van der Waals surface area contributed by atoms with Crippen LogP contribution in [0.4, 0.5) is 4.79 Å². The summed E-state index contributed by atoms with van der Waals surface area (Å²) in [6.07, 6.45) is 1.40. The van der Waals surface area contributed by atoms with Gasteiger partial charge in [0.1, 0.15) is 6.61 Å². The summed E-state index contributed by atoms with van der Waals surface area (Å²) in [5, 5.41) is 3.23. The van der Waals surface area contributed by atoms with Gasteiger partial charge < -0.3 is 9.47 Å². The average molecular weight is 233 g/mol. The number of piperidine rings is 1. The molecule has 1 aromatic carbocycles. The summed E-state index contributed by atoms with van der Waals surface area (Å²) in [5.74, 6) is 0.710. The van der Waals surface area contributed by atoms with Crippen LogP contribution in [0, 0.1) is 5.92 Å². The molecule has 1 aromatic rings. The van der Waals surface area contributed by atoms with Gasteiger partial charge in [0.2, 0.25) is 0 Å². The van der Waals surface area contributed by atoms with Gasteiger partial charge in [0.05, 0.1) is 0 Å². The Labute approximate surface area is 99.9 Å². The highest BCUT2D eigenvalue weighted by Gasteiger charge is 2.47. The highest BCUT2D eigenvalue weighted by atomic mass is 16.7. The lowest BCUT2D eigenvalue weighted by Crippen LogP contribution is -2.31. The average Bonchev–Trinajstić information content (AvgIpc) is 2.96. The molecule has 0 aromatic heterocycles. The lowest BCUT2D eigenvalue weighted by molar-refractivity contribution is 0.0103. The Morgan fingerprint density at radius 2 is 2.12 bits per heavy atom. The minimum absolute atomic E-state index is 0.151. The molecule has 1 saturated carbocycles. The molecule has 1 aliphatic carbocycles. The first-order chi connectivity index (χ1) is 8.31. The first-order valence-corrected chi connectivity index (χ1v) is 5.94. The molecule has 4 nitrogen and oxygen atoms in total. The third-order valence-corrected chi connectivity index (χ3v) is 3.28. The van der Waals surface area contributed by atoms with E-state index < -0.39 is 6.16 Å². The number of carbonyl (C=O) groups is 1. The van der Waals surface area contributed by atoms with E-state index in [9.17, 15) is 4.79 Å². The molecule has 1 unspecified atom stereocenters. The predicted molar refractivity (Wildman–Crippen MR) is 61.1 cm³/mol. The first kappa shape index (κ1) is 10.6. The molecule has 1 N–H and O–H groups in total. The van der Waals surface area contributed by atoms with Gasteiger partial charge in [0.25, 0.3) is 0 Å².